The molecule has 3 heterocycles. The maximum absolute atomic E-state index is 14.6. The van der Waals surface area contributed by atoms with E-state index in [1.165, 1.54) is 6.07 Å². The summed E-state index contributed by atoms with van der Waals surface area (Å²) in [4.78, 5) is 16.0. The number of aromatic nitrogens is 2. The average Bonchev–Trinajstić information content (AvgIpc) is 3.15. The summed E-state index contributed by atoms with van der Waals surface area (Å²) in [5.41, 5.74) is 3.08. The number of rotatable bonds is 2. The molecule has 27 heavy (non-hydrogen) atoms. The van der Waals surface area contributed by atoms with Gasteiger partial charge in [-0.05, 0) is 28.8 Å². The van der Waals surface area contributed by atoms with Gasteiger partial charge >= 0.3 is 0 Å². The number of hydrogen-bond acceptors (Lipinski definition) is 4. The summed E-state index contributed by atoms with van der Waals surface area (Å²) >= 11 is 1.61. The summed E-state index contributed by atoms with van der Waals surface area (Å²) in [6, 6.07) is 13.2. The zero-order valence-corrected chi connectivity index (χ0v) is 14.9. The lowest BCUT2D eigenvalue weighted by Crippen LogP contribution is -2.26. The summed E-state index contributed by atoms with van der Waals surface area (Å²) in [6.07, 6.45) is 5.57. The minimum atomic E-state index is -0.489. The highest BCUT2D eigenvalue weighted by molar-refractivity contribution is 7.99. The first-order valence-corrected chi connectivity index (χ1v) is 9.30. The van der Waals surface area contributed by atoms with Gasteiger partial charge in [0.15, 0.2) is 23.3 Å². The van der Waals surface area contributed by atoms with Crippen LogP contribution in [0.25, 0.3) is 11.8 Å². The molecule has 0 saturated carbocycles. The van der Waals surface area contributed by atoms with Crippen molar-refractivity contribution in [2.75, 3.05) is 11.9 Å². The van der Waals surface area contributed by atoms with Crippen molar-refractivity contribution < 1.29 is 13.9 Å². The minimum absolute atomic E-state index is 0.0428. The molecule has 134 valence electrons. The predicted octanol–water partition coefficient (Wildman–Crippen LogP) is 4.20. The molecule has 1 amide bonds. The van der Waals surface area contributed by atoms with Crippen molar-refractivity contribution in [2.45, 2.75) is 10.4 Å². The van der Waals surface area contributed by atoms with E-state index >= 15 is 0 Å². The number of amides is 1. The fourth-order valence-corrected chi connectivity index (χ4v) is 4.49. The number of fused-ring (bicyclic) bond motifs is 2. The summed E-state index contributed by atoms with van der Waals surface area (Å²) in [5, 5.41) is 3.53. The number of carbonyl (C=O) groups is 1. The third-order valence-corrected chi connectivity index (χ3v) is 5.81. The normalized spacial score (nSPS) is 18.0. The fourth-order valence-electron chi connectivity index (χ4n) is 3.30. The molecule has 1 atom stereocenters. The second-order valence-electron chi connectivity index (χ2n) is 6.28. The second-order valence-corrected chi connectivity index (χ2v) is 7.35. The molecule has 5 nitrogen and oxygen atoms in total. The van der Waals surface area contributed by atoms with Gasteiger partial charge in [0, 0.05) is 18.6 Å². The van der Waals surface area contributed by atoms with E-state index in [2.05, 4.69) is 10.3 Å². The number of nitrogens with zero attached hydrogens (tertiary/aromatic N) is 2. The van der Waals surface area contributed by atoms with E-state index in [1.54, 1.807) is 24.0 Å². The van der Waals surface area contributed by atoms with Crippen LogP contribution in [0.5, 0.6) is 5.75 Å². The maximum atomic E-state index is 14.6. The van der Waals surface area contributed by atoms with E-state index in [-0.39, 0.29) is 23.5 Å². The van der Waals surface area contributed by atoms with Gasteiger partial charge in [-0.3, -0.25) is 4.79 Å². The molecule has 2 aromatic carbocycles. The van der Waals surface area contributed by atoms with Crippen molar-refractivity contribution >= 4 is 35.1 Å². The molecular weight excluding hydrogens is 365 g/mol. The molecule has 0 spiro atoms. The Labute approximate surface area is 158 Å². The van der Waals surface area contributed by atoms with E-state index < -0.39 is 5.82 Å². The monoisotopic (exact) mass is 379 g/mol. The number of nitrogens with one attached hydrogen (secondary N) is 1. The fraction of sp³-hybridized carbons (Fsp3) is 0.100. The Bertz CT molecular complexity index is 1080. The molecule has 3 aromatic rings. The highest BCUT2D eigenvalue weighted by Crippen LogP contribution is 2.49. The molecule has 1 N–H and O–H groups in total. The smallest absolute Gasteiger partial charge is 0.262 e. The Balaban J connectivity index is 1.66. The predicted molar refractivity (Wildman–Crippen MR) is 102 cm³/mol. The van der Waals surface area contributed by atoms with Gasteiger partial charge in [-0.25, -0.2) is 9.37 Å². The van der Waals surface area contributed by atoms with E-state index in [0.29, 0.717) is 11.3 Å². The van der Waals surface area contributed by atoms with E-state index in [4.69, 9.17) is 4.74 Å². The molecule has 0 saturated heterocycles. The Morgan fingerprint density at radius 2 is 2.11 bits per heavy atom. The molecule has 0 bridgehead atoms. The van der Waals surface area contributed by atoms with Crippen LogP contribution in [0.2, 0.25) is 0 Å². The molecule has 0 aliphatic carbocycles. The number of halogens is 1. The lowest BCUT2D eigenvalue weighted by Gasteiger charge is -2.26. The molecule has 0 radical (unpaired) electrons. The highest BCUT2D eigenvalue weighted by Gasteiger charge is 2.28. The van der Waals surface area contributed by atoms with Crippen molar-refractivity contribution in [3.05, 3.63) is 71.8 Å². The first-order valence-electron chi connectivity index (χ1n) is 8.42. The average molecular weight is 379 g/mol. The second kappa shape index (κ2) is 6.28. The van der Waals surface area contributed by atoms with Crippen LogP contribution in [0.4, 0.5) is 10.1 Å². The van der Waals surface area contributed by atoms with Crippen LogP contribution in [0, 0.1) is 5.82 Å². The molecule has 1 aromatic heterocycles. The third kappa shape index (κ3) is 2.80. The van der Waals surface area contributed by atoms with Crippen LogP contribution >= 0.6 is 11.8 Å². The van der Waals surface area contributed by atoms with E-state index in [0.717, 1.165) is 16.3 Å². The van der Waals surface area contributed by atoms with Crippen molar-refractivity contribution in [2.24, 2.45) is 0 Å². The lowest BCUT2D eigenvalue weighted by atomic mass is 9.97. The molecule has 1 unspecified atom stereocenters. The summed E-state index contributed by atoms with van der Waals surface area (Å²) in [5.74, 6) is -0.693. The van der Waals surface area contributed by atoms with Gasteiger partial charge in [-0.2, -0.15) is 0 Å². The van der Waals surface area contributed by atoms with Gasteiger partial charge in [-0.15, -0.1) is 0 Å². The van der Waals surface area contributed by atoms with Crippen LogP contribution in [-0.2, 0) is 4.79 Å². The van der Waals surface area contributed by atoms with Gasteiger partial charge in [-0.1, -0.05) is 42.1 Å². The molecular formula is C20H14FN3O2S. The Morgan fingerprint density at radius 1 is 1.26 bits per heavy atom. The number of benzene rings is 2. The number of ether oxygens (including phenoxy) is 1. The molecule has 7 heteroatoms. The first kappa shape index (κ1) is 16.1. The van der Waals surface area contributed by atoms with E-state index in [9.17, 15) is 9.18 Å². The van der Waals surface area contributed by atoms with Gasteiger partial charge in [0.1, 0.15) is 0 Å². The number of anilines is 1. The van der Waals surface area contributed by atoms with Crippen molar-refractivity contribution in [1.29, 1.82) is 0 Å². The third-order valence-electron chi connectivity index (χ3n) is 4.52. The van der Waals surface area contributed by atoms with Crippen LogP contribution in [0.3, 0.4) is 0 Å². The van der Waals surface area contributed by atoms with Crippen molar-refractivity contribution in [3.8, 4) is 5.75 Å². The van der Waals surface area contributed by atoms with E-state index in [1.807, 2.05) is 47.3 Å². The summed E-state index contributed by atoms with van der Waals surface area (Å²) in [6.45, 7) is -0.174. The Hall–Kier alpha value is -3.06. The molecule has 2 aliphatic heterocycles. The maximum Gasteiger partial charge on any atom is 0.262 e. The topological polar surface area (TPSA) is 56.2 Å². The summed E-state index contributed by atoms with van der Waals surface area (Å²) < 4.78 is 21.8. The van der Waals surface area contributed by atoms with Gasteiger partial charge in [0.2, 0.25) is 0 Å². The number of thioether (sulfide) groups is 1. The van der Waals surface area contributed by atoms with Gasteiger partial charge < -0.3 is 14.6 Å². The zero-order chi connectivity index (χ0) is 18.4. The van der Waals surface area contributed by atoms with Crippen molar-refractivity contribution in [1.82, 2.24) is 9.55 Å². The quantitative estimate of drug-likeness (QED) is 0.725. The number of hydrogen-bond donors (Lipinski definition) is 1. The lowest BCUT2D eigenvalue weighted by molar-refractivity contribution is -0.118. The first-order chi connectivity index (χ1) is 13.2. The SMILES string of the molecule is O=C1COc2c(F)cc(C3=Cn4ccnc4SC3c3ccccc3)cc2N1. The van der Waals surface area contributed by atoms with Gasteiger partial charge in [0.25, 0.3) is 5.91 Å². The minimum Gasteiger partial charge on any atom is -0.478 e. The van der Waals surface area contributed by atoms with Crippen LogP contribution < -0.4 is 10.1 Å². The number of imidazole rings is 1. The Kier molecular flexibility index (Phi) is 3.75. The number of carbonyl (C=O) groups excluding carboxylic acids is 1. The highest BCUT2D eigenvalue weighted by atomic mass is 32.2. The van der Waals surface area contributed by atoms with Crippen LogP contribution in [-0.4, -0.2) is 22.1 Å². The van der Waals surface area contributed by atoms with Gasteiger partial charge in [0.05, 0.1) is 10.9 Å². The zero-order valence-electron chi connectivity index (χ0n) is 14.1. The van der Waals surface area contributed by atoms with Crippen LogP contribution in [0.15, 0.2) is 60.0 Å². The molecule has 0 fully saturated rings. The summed E-state index contributed by atoms with van der Waals surface area (Å²) in [7, 11) is 0. The van der Waals surface area contributed by atoms with Crippen molar-refractivity contribution in [3.63, 3.8) is 0 Å². The molecule has 2 aliphatic rings. The molecule has 5 rings (SSSR count). The largest absolute Gasteiger partial charge is 0.478 e. The Morgan fingerprint density at radius 3 is 2.96 bits per heavy atom. The van der Waals surface area contributed by atoms with Crippen LogP contribution in [0.1, 0.15) is 16.4 Å². The standard InChI is InChI=1S/C20H14FN3O2S/c21-15-8-13(9-16-18(15)26-11-17(25)23-16)14-10-24-7-6-22-20(24)27-19(14)12-4-2-1-3-5-12/h1-10,19H,11H2,(H,23,25).